The molecule has 0 saturated carbocycles. The number of aromatic nitrogens is 2. The van der Waals surface area contributed by atoms with Gasteiger partial charge in [0, 0.05) is 47.5 Å². The Balaban J connectivity index is 1.44. The van der Waals surface area contributed by atoms with Crippen molar-refractivity contribution < 1.29 is 4.74 Å². The fraction of sp³-hybridized carbons (Fsp3) is 0.357. The number of fused-ring (bicyclic) bond motifs is 1. The van der Waals surface area contributed by atoms with Gasteiger partial charge < -0.3 is 14.5 Å². The van der Waals surface area contributed by atoms with E-state index in [2.05, 4.69) is 41.6 Å². The van der Waals surface area contributed by atoms with E-state index in [1.807, 2.05) is 37.3 Å². The molecule has 9 heteroatoms. The molecule has 1 saturated heterocycles. The smallest absolute Gasteiger partial charge is 0.322 e. The third kappa shape index (κ3) is 4.90. The summed E-state index contributed by atoms with van der Waals surface area (Å²) in [6, 6.07) is 13.5. The van der Waals surface area contributed by atoms with Crippen molar-refractivity contribution in [3.63, 3.8) is 0 Å². The van der Waals surface area contributed by atoms with Gasteiger partial charge in [-0.1, -0.05) is 59.0 Å². The second kappa shape index (κ2) is 9.83. The Kier molecular flexibility index (Phi) is 6.86. The molecule has 3 heterocycles. The highest BCUT2D eigenvalue weighted by Crippen LogP contribution is 2.44. The largest absolute Gasteiger partial charge is 0.480 e. The third-order valence-electron chi connectivity index (χ3n) is 6.53. The van der Waals surface area contributed by atoms with E-state index in [0.29, 0.717) is 45.9 Å². The summed E-state index contributed by atoms with van der Waals surface area (Å²) in [4.78, 5) is 15.3. The number of nitrogens with zero attached hydrogens (tertiary/aromatic N) is 5. The standard InChI is InChI=1S/C28H27Cl2N5OS/c1-17-22(19-10-8-11-20(29)23(19)30)25(31-5)33-26(32-17)35-15-13-28(14-16-35)24(34-37-27(2,3)4)18-9-6-7-12-21(18)36-28/h6-12H,13-16H2,1-4H3/b34-24+. The number of benzene rings is 2. The van der Waals surface area contributed by atoms with Gasteiger partial charge in [0.2, 0.25) is 0 Å². The Labute approximate surface area is 232 Å². The highest BCUT2D eigenvalue weighted by Gasteiger charge is 2.48. The molecule has 0 bridgehead atoms. The average molecular weight is 553 g/mol. The van der Waals surface area contributed by atoms with E-state index in [-0.39, 0.29) is 10.6 Å². The minimum Gasteiger partial charge on any atom is -0.480 e. The lowest BCUT2D eigenvalue weighted by Gasteiger charge is -2.38. The number of hydrogen-bond donors (Lipinski definition) is 0. The first-order valence-electron chi connectivity index (χ1n) is 12.1. The molecular weight excluding hydrogens is 525 g/mol. The molecule has 190 valence electrons. The van der Waals surface area contributed by atoms with Crippen molar-refractivity contribution in [2.75, 3.05) is 18.0 Å². The summed E-state index contributed by atoms with van der Waals surface area (Å²) in [7, 11) is 0. The highest BCUT2D eigenvalue weighted by atomic mass is 35.5. The maximum absolute atomic E-state index is 7.80. The molecule has 1 aromatic heterocycles. The maximum atomic E-state index is 7.80. The van der Waals surface area contributed by atoms with E-state index >= 15 is 0 Å². The molecule has 2 aromatic carbocycles. The summed E-state index contributed by atoms with van der Waals surface area (Å²) in [5, 5.41) is 0.825. The molecule has 2 aliphatic heterocycles. The van der Waals surface area contributed by atoms with E-state index in [1.54, 1.807) is 18.0 Å². The summed E-state index contributed by atoms with van der Waals surface area (Å²) in [6.07, 6.45) is 1.48. The molecule has 0 N–H and O–H groups in total. The van der Waals surface area contributed by atoms with Crippen molar-refractivity contribution in [3.8, 4) is 16.9 Å². The van der Waals surface area contributed by atoms with Gasteiger partial charge in [-0.3, -0.25) is 0 Å². The predicted octanol–water partition coefficient (Wildman–Crippen LogP) is 7.98. The van der Waals surface area contributed by atoms with Crippen LogP contribution in [0, 0.1) is 13.5 Å². The zero-order valence-electron chi connectivity index (χ0n) is 21.2. The zero-order chi connectivity index (χ0) is 26.4. The number of aryl methyl sites for hydroxylation is 1. The molecule has 0 amide bonds. The summed E-state index contributed by atoms with van der Waals surface area (Å²) in [5.41, 5.74) is 3.56. The molecular formula is C28H27Cl2N5OS. The van der Waals surface area contributed by atoms with Crippen molar-refractivity contribution >= 4 is 52.6 Å². The third-order valence-corrected chi connectivity index (χ3v) is 8.17. The molecule has 0 unspecified atom stereocenters. The summed E-state index contributed by atoms with van der Waals surface area (Å²) in [6.45, 7) is 17.5. The first-order chi connectivity index (χ1) is 17.6. The Morgan fingerprint density at radius 3 is 2.46 bits per heavy atom. The molecule has 0 radical (unpaired) electrons. The predicted molar refractivity (Wildman–Crippen MR) is 154 cm³/mol. The van der Waals surface area contributed by atoms with Gasteiger partial charge in [0.15, 0.2) is 5.60 Å². The van der Waals surface area contributed by atoms with Crippen molar-refractivity contribution in [3.05, 3.63) is 75.2 Å². The van der Waals surface area contributed by atoms with E-state index in [1.165, 1.54) is 0 Å². The first kappa shape index (κ1) is 25.8. The first-order valence-corrected chi connectivity index (χ1v) is 13.7. The molecule has 2 aliphatic rings. The second-order valence-corrected chi connectivity index (χ2v) is 12.6. The molecule has 37 heavy (non-hydrogen) atoms. The fourth-order valence-electron chi connectivity index (χ4n) is 4.76. The van der Waals surface area contributed by atoms with Crippen LogP contribution in [0.1, 0.15) is 44.9 Å². The van der Waals surface area contributed by atoms with Crippen LogP contribution in [0.25, 0.3) is 16.0 Å². The number of para-hydroxylation sites is 1. The molecule has 5 rings (SSSR count). The number of halogens is 2. The zero-order valence-corrected chi connectivity index (χ0v) is 23.5. The maximum Gasteiger partial charge on any atom is 0.322 e. The SMILES string of the molecule is [C-]#[N+]c1nc(N2CCC3(CC2)Oc2ccccc2/C3=N\SC(C)(C)C)nc(C)c1-c1cccc(Cl)c1Cl. The molecule has 0 aliphatic carbocycles. The normalized spacial score (nSPS) is 17.5. The molecule has 0 atom stereocenters. The van der Waals surface area contributed by atoms with Crippen LogP contribution in [-0.2, 0) is 0 Å². The quantitative estimate of drug-likeness (QED) is 0.244. The second-order valence-electron chi connectivity index (χ2n) is 10.2. The molecule has 1 spiro atoms. The van der Waals surface area contributed by atoms with Crippen LogP contribution in [0.5, 0.6) is 5.75 Å². The number of anilines is 1. The minimum absolute atomic E-state index is 0.00156. The minimum atomic E-state index is -0.482. The van der Waals surface area contributed by atoms with Gasteiger partial charge in [-0.2, -0.15) is 4.98 Å². The van der Waals surface area contributed by atoms with Crippen LogP contribution in [0.3, 0.4) is 0 Å². The van der Waals surface area contributed by atoms with Crippen molar-refractivity contribution in [1.82, 2.24) is 9.97 Å². The Hall–Kier alpha value is -2.79. The van der Waals surface area contributed by atoms with Crippen molar-refractivity contribution in [2.24, 2.45) is 4.40 Å². The number of ether oxygens (including phenoxy) is 1. The summed E-state index contributed by atoms with van der Waals surface area (Å²) >= 11 is 14.3. The van der Waals surface area contributed by atoms with Crippen LogP contribution < -0.4 is 9.64 Å². The Morgan fingerprint density at radius 1 is 1.05 bits per heavy atom. The fourth-order valence-corrected chi connectivity index (χ4v) is 5.78. The van der Waals surface area contributed by atoms with Crippen LogP contribution in [0.2, 0.25) is 10.0 Å². The highest BCUT2D eigenvalue weighted by molar-refractivity contribution is 7.99. The number of rotatable bonds is 3. The summed E-state index contributed by atoms with van der Waals surface area (Å²) in [5.74, 6) is 1.69. The van der Waals surface area contributed by atoms with Gasteiger partial charge in [-0.05, 0) is 63.4 Å². The van der Waals surface area contributed by atoms with Crippen LogP contribution in [-0.4, -0.2) is 39.1 Å². The topological polar surface area (TPSA) is 55.0 Å². The lowest BCUT2D eigenvalue weighted by atomic mass is 9.85. The lowest BCUT2D eigenvalue weighted by molar-refractivity contribution is 0.124. The van der Waals surface area contributed by atoms with Gasteiger partial charge in [0.05, 0.1) is 10.0 Å². The summed E-state index contributed by atoms with van der Waals surface area (Å²) < 4.78 is 11.6. The van der Waals surface area contributed by atoms with Crippen molar-refractivity contribution in [1.29, 1.82) is 0 Å². The van der Waals surface area contributed by atoms with Gasteiger partial charge in [0.1, 0.15) is 11.5 Å². The average Bonchev–Trinajstić information content (AvgIpc) is 3.16. The molecule has 1 fully saturated rings. The van der Waals surface area contributed by atoms with Crippen LogP contribution in [0.15, 0.2) is 46.9 Å². The Bertz CT molecular complexity index is 1440. The Morgan fingerprint density at radius 2 is 1.76 bits per heavy atom. The number of piperidine rings is 1. The molecule has 3 aromatic rings. The van der Waals surface area contributed by atoms with Crippen LogP contribution >= 0.6 is 35.1 Å². The van der Waals surface area contributed by atoms with Gasteiger partial charge in [-0.15, -0.1) is 0 Å². The van der Waals surface area contributed by atoms with E-state index in [0.717, 1.165) is 29.9 Å². The monoisotopic (exact) mass is 551 g/mol. The van der Waals surface area contributed by atoms with Gasteiger partial charge in [0.25, 0.3) is 5.82 Å². The lowest BCUT2D eigenvalue weighted by Crippen LogP contribution is -2.51. The van der Waals surface area contributed by atoms with E-state index < -0.39 is 5.60 Å². The number of hydrogen-bond acceptors (Lipinski definition) is 6. The van der Waals surface area contributed by atoms with Gasteiger partial charge >= 0.3 is 5.95 Å². The molecule has 6 nitrogen and oxygen atoms in total. The van der Waals surface area contributed by atoms with Crippen LogP contribution in [0.4, 0.5) is 11.8 Å². The van der Waals surface area contributed by atoms with Crippen molar-refractivity contribution in [2.45, 2.75) is 50.9 Å². The van der Waals surface area contributed by atoms with E-state index in [4.69, 9.17) is 43.9 Å². The van der Waals surface area contributed by atoms with Gasteiger partial charge in [-0.25, -0.2) is 4.40 Å². The van der Waals surface area contributed by atoms with E-state index in [9.17, 15) is 0 Å².